The van der Waals surface area contributed by atoms with Crippen molar-refractivity contribution >= 4 is 15.9 Å². The second-order valence-corrected chi connectivity index (χ2v) is 6.54. The Labute approximate surface area is 96.0 Å². The summed E-state index contributed by atoms with van der Waals surface area (Å²) in [6, 6.07) is 0. The van der Waals surface area contributed by atoms with E-state index in [-0.39, 0.29) is 17.6 Å². The Morgan fingerprint density at radius 1 is 1.12 bits per heavy atom. The standard InChI is InChI=1S/C10H18N2O3S/c13-10(9-3-4-9)11-5-6-12-16(14,15)7-8-1-2-8/h8-9,12H,1-7H2,(H,11,13). The molecule has 2 aliphatic carbocycles. The second-order valence-electron chi connectivity index (χ2n) is 4.68. The van der Waals surface area contributed by atoms with Crippen LogP contribution in [0.25, 0.3) is 0 Å². The molecule has 2 rings (SSSR count). The molecule has 2 fully saturated rings. The Hall–Kier alpha value is -0.620. The zero-order chi connectivity index (χ0) is 11.6. The minimum absolute atomic E-state index is 0.0568. The third kappa shape index (κ3) is 4.09. The Bertz CT molecular complexity index is 358. The quantitative estimate of drug-likeness (QED) is 0.613. The molecule has 16 heavy (non-hydrogen) atoms. The summed E-state index contributed by atoms with van der Waals surface area (Å²) < 4.78 is 25.4. The van der Waals surface area contributed by atoms with E-state index in [2.05, 4.69) is 10.0 Å². The normalized spacial score (nSPS) is 20.8. The van der Waals surface area contributed by atoms with Gasteiger partial charge in [-0.1, -0.05) is 0 Å². The molecule has 0 unspecified atom stereocenters. The van der Waals surface area contributed by atoms with Gasteiger partial charge in [0.2, 0.25) is 15.9 Å². The van der Waals surface area contributed by atoms with Gasteiger partial charge in [0.25, 0.3) is 0 Å². The van der Waals surface area contributed by atoms with E-state index >= 15 is 0 Å². The SMILES string of the molecule is O=C(NCCNS(=O)(=O)CC1CC1)C1CC1. The average molecular weight is 246 g/mol. The third-order valence-corrected chi connectivity index (χ3v) is 4.40. The molecule has 0 atom stereocenters. The largest absolute Gasteiger partial charge is 0.355 e. The van der Waals surface area contributed by atoms with Crippen LogP contribution in [0.1, 0.15) is 25.7 Å². The summed E-state index contributed by atoms with van der Waals surface area (Å²) in [5.74, 6) is 0.840. The number of hydrogen-bond donors (Lipinski definition) is 2. The maximum Gasteiger partial charge on any atom is 0.223 e. The molecule has 0 aromatic carbocycles. The van der Waals surface area contributed by atoms with Gasteiger partial charge in [-0.2, -0.15) is 0 Å². The van der Waals surface area contributed by atoms with Crippen molar-refractivity contribution in [2.45, 2.75) is 25.7 Å². The molecule has 0 saturated heterocycles. The van der Waals surface area contributed by atoms with Gasteiger partial charge in [-0.05, 0) is 31.6 Å². The lowest BCUT2D eigenvalue weighted by molar-refractivity contribution is -0.122. The summed E-state index contributed by atoms with van der Waals surface area (Å²) in [5.41, 5.74) is 0. The van der Waals surface area contributed by atoms with E-state index in [0.29, 0.717) is 19.0 Å². The minimum atomic E-state index is -3.12. The maximum absolute atomic E-state index is 11.4. The van der Waals surface area contributed by atoms with Crippen LogP contribution in [0.3, 0.4) is 0 Å². The van der Waals surface area contributed by atoms with Crippen LogP contribution < -0.4 is 10.0 Å². The summed E-state index contributed by atoms with van der Waals surface area (Å²) in [5, 5.41) is 2.72. The first-order valence-electron chi connectivity index (χ1n) is 5.82. The molecule has 0 aromatic rings. The van der Waals surface area contributed by atoms with Gasteiger partial charge in [-0.15, -0.1) is 0 Å². The summed E-state index contributed by atoms with van der Waals surface area (Å²) in [6.45, 7) is 0.687. The molecule has 2 saturated carbocycles. The van der Waals surface area contributed by atoms with Crippen molar-refractivity contribution in [2.24, 2.45) is 11.8 Å². The number of rotatable bonds is 7. The Morgan fingerprint density at radius 2 is 1.81 bits per heavy atom. The van der Waals surface area contributed by atoms with Crippen molar-refractivity contribution in [1.82, 2.24) is 10.0 Å². The van der Waals surface area contributed by atoms with Crippen molar-refractivity contribution < 1.29 is 13.2 Å². The molecule has 2 N–H and O–H groups in total. The van der Waals surface area contributed by atoms with E-state index in [9.17, 15) is 13.2 Å². The second kappa shape index (κ2) is 4.71. The van der Waals surface area contributed by atoms with E-state index in [1.54, 1.807) is 0 Å². The van der Waals surface area contributed by atoms with E-state index in [1.165, 1.54) is 0 Å². The van der Waals surface area contributed by atoms with Crippen LogP contribution >= 0.6 is 0 Å². The first kappa shape index (κ1) is 11.9. The highest BCUT2D eigenvalue weighted by Crippen LogP contribution is 2.30. The van der Waals surface area contributed by atoms with Gasteiger partial charge >= 0.3 is 0 Å². The molecule has 0 bridgehead atoms. The first-order valence-corrected chi connectivity index (χ1v) is 7.47. The van der Waals surface area contributed by atoms with Gasteiger partial charge in [-0.25, -0.2) is 13.1 Å². The van der Waals surface area contributed by atoms with Crippen LogP contribution in [-0.4, -0.2) is 33.2 Å². The monoisotopic (exact) mass is 246 g/mol. The number of hydrogen-bond acceptors (Lipinski definition) is 3. The van der Waals surface area contributed by atoms with Gasteiger partial charge in [0, 0.05) is 19.0 Å². The molecule has 0 spiro atoms. The van der Waals surface area contributed by atoms with Crippen LogP contribution in [0.4, 0.5) is 0 Å². The van der Waals surface area contributed by atoms with Crippen molar-refractivity contribution in [3.8, 4) is 0 Å². The summed E-state index contributed by atoms with van der Waals surface area (Å²) >= 11 is 0. The fourth-order valence-electron chi connectivity index (χ4n) is 1.54. The predicted molar refractivity (Wildman–Crippen MR) is 60.2 cm³/mol. The van der Waals surface area contributed by atoms with Crippen molar-refractivity contribution in [1.29, 1.82) is 0 Å². The highest BCUT2D eigenvalue weighted by Gasteiger charge is 2.29. The number of sulfonamides is 1. The molecule has 5 nitrogen and oxygen atoms in total. The smallest absolute Gasteiger partial charge is 0.223 e. The molecule has 2 aliphatic rings. The number of carbonyl (C=O) groups is 1. The van der Waals surface area contributed by atoms with E-state index in [1.807, 2.05) is 0 Å². The molecule has 0 aliphatic heterocycles. The fourth-order valence-corrected chi connectivity index (χ4v) is 3.02. The number of carbonyl (C=O) groups excluding carboxylic acids is 1. The summed E-state index contributed by atoms with van der Waals surface area (Å²) in [7, 11) is -3.12. The molecule has 0 radical (unpaired) electrons. The predicted octanol–water partition coefficient (Wildman–Crippen LogP) is -0.158. The zero-order valence-electron chi connectivity index (χ0n) is 9.24. The number of nitrogens with one attached hydrogen (secondary N) is 2. The van der Waals surface area contributed by atoms with Crippen LogP contribution in [0.15, 0.2) is 0 Å². The Morgan fingerprint density at radius 3 is 2.38 bits per heavy atom. The van der Waals surface area contributed by atoms with Crippen LogP contribution in [-0.2, 0) is 14.8 Å². The van der Waals surface area contributed by atoms with Crippen molar-refractivity contribution in [3.63, 3.8) is 0 Å². The molecular weight excluding hydrogens is 228 g/mol. The third-order valence-electron chi connectivity index (χ3n) is 2.85. The Balaban J connectivity index is 1.57. The first-order chi connectivity index (χ1) is 7.57. The zero-order valence-corrected chi connectivity index (χ0v) is 10.1. The summed E-state index contributed by atoms with van der Waals surface area (Å²) in [4.78, 5) is 11.2. The molecule has 1 amide bonds. The van der Waals surface area contributed by atoms with Crippen molar-refractivity contribution in [2.75, 3.05) is 18.8 Å². The van der Waals surface area contributed by atoms with Crippen LogP contribution in [0, 0.1) is 11.8 Å². The highest BCUT2D eigenvalue weighted by molar-refractivity contribution is 7.89. The molecule has 6 heteroatoms. The lowest BCUT2D eigenvalue weighted by atomic mass is 10.4. The molecule has 0 aromatic heterocycles. The van der Waals surface area contributed by atoms with E-state index < -0.39 is 10.0 Å². The Kier molecular flexibility index (Phi) is 3.49. The topological polar surface area (TPSA) is 75.3 Å². The lowest BCUT2D eigenvalue weighted by Crippen LogP contribution is -2.36. The number of amides is 1. The highest BCUT2D eigenvalue weighted by atomic mass is 32.2. The summed E-state index contributed by atoms with van der Waals surface area (Å²) in [6.07, 6.45) is 4.00. The molecule has 92 valence electrons. The van der Waals surface area contributed by atoms with Crippen molar-refractivity contribution in [3.05, 3.63) is 0 Å². The fraction of sp³-hybridized carbons (Fsp3) is 0.900. The van der Waals surface area contributed by atoms with Gasteiger partial charge in [0.05, 0.1) is 5.75 Å². The maximum atomic E-state index is 11.4. The lowest BCUT2D eigenvalue weighted by Gasteiger charge is -2.06. The van der Waals surface area contributed by atoms with Gasteiger partial charge in [-0.3, -0.25) is 4.79 Å². The van der Waals surface area contributed by atoms with Gasteiger partial charge < -0.3 is 5.32 Å². The van der Waals surface area contributed by atoms with Crippen LogP contribution in [0.5, 0.6) is 0 Å². The van der Waals surface area contributed by atoms with Gasteiger partial charge in [0.1, 0.15) is 0 Å². The average Bonchev–Trinajstić information content (AvgIpc) is 3.01. The van der Waals surface area contributed by atoms with Crippen LogP contribution in [0.2, 0.25) is 0 Å². The van der Waals surface area contributed by atoms with E-state index in [4.69, 9.17) is 0 Å². The minimum Gasteiger partial charge on any atom is -0.355 e. The molecular formula is C10H18N2O3S. The molecule has 0 heterocycles. The van der Waals surface area contributed by atoms with E-state index in [0.717, 1.165) is 25.7 Å². The van der Waals surface area contributed by atoms with Gasteiger partial charge in [0.15, 0.2) is 0 Å².